The topological polar surface area (TPSA) is 140 Å². The van der Waals surface area contributed by atoms with Gasteiger partial charge in [-0.2, -0.15) is 0 Å². The number of hydrogen-bond donors (Lipinski definition) is 2. The van der Waals surface area contributed by atoms with Crippen molar-refractivity contribution in [3.05, 3.63) is 86.0 Å². The molecule has 0 spiro atoms. The van der Waals surface area contributed by atoms with Crippen LogP contribution in [0.15, 0.2) is 95.9 Å². The van der Waals surface area contributed by atoms with Crippen LogP contribution in [0.2, 0.25) is 0 Å². The zero-order valence-electron chi connectivity index (χ0n) is 19.5. The van der Waals surface area contributed by atoms with E-state index in [0.29, 0.717) is 28.3 Å². The van der Waals surface area contributed by atoms with Crippen LogP contribution in [-0.4, -0.2) is 46.4 Å². The first kappa shape index (κ1) is 23.8. The molecule has 0 fully saturated rings. The van der Waals surface area contributed by atoms with Crippen LogP contribution in [0.5, 0.6) is 5.88 Å². The largest absolute Gasteiger partial charge is 0.481 e. The molecule has 0 unspecified atom stereocenters. The highest BCUT2D eigenvalue weighted by atomic mass is 32.2. The number of nitrogens with one attached hydrogen (secondary N) is 2. The van der Waals surface area contributed by atoms with E-state index in [1.54, 1.807) is 37.8 Å². The van der Waals surface area contributed by atoms with E-state index in [1.165, 1.54) is 24.4 Å². The normalized spacial score (nSPS) is 11.3. The van der Waals surface area contributed by atoms with E-state index in [4.69, 9.17) is 4.74 Å². The van der Waals surface area contributed by atoms with Crippen molar-refractivity contribution in [2.45, 2.75) is 9.92 Å². The Morgan fingerprint density at radius 1 is 1.03 bits per heavy atom. The van der Waals surface area contributed by atoms with E-state index in [9.17, 15) is 13.2 Å². The minimum atomic E-state index is -4.02. The number of aromatic amines is 1. The zero-order valence-corrected chi connectivity index (χ0v) is 20.4. The maximum atomic E-state index is 13.3. The standard InChI is InChI=1S/C26H20N6O4S/c1-3-22(33)31-18-5-4-6-19(11-18)37(34,35)24-15-30-26-25(32-24)20(14-29-26)16-7-9-21(27-12-16)17-8-10-23(36-2)28-13-17/h3-15H,1H2,2H3,(H,29,30)(H,31,33). The van der Waals surface area contributed by atoms with Crippen molar-refractivity contribution in [3.8, 4) is 28.3 Å². The molecule has 4 heterocycles. The van der Waals surface area contributed by atoms with Gasteiger partial charge in [0, 0.05) is 47.0 Å². The molecule has 184 valence electrons. The van der Waals surface area contributed by atoms with E-state index < -0.39 is 15.7 Å². The molecule has 5 aromatic rings. The van der Waals surface area contributed by atoms with Gasteiger partial charge in [-0.15, -0.1) is 0 Å². The first-order valence-electron chi connectivity index (χ1n) is 11.0. The summed E-state index contributed by atoms with van der Waals surface area (Å²) in [6.07, 6.45) is 7.36. The molecule has 0 aliphatic rings. The summed E-state index contributed by atoms with van der Waals surface area (Å²) in [5.74, 6) is 0.0624. The van der Waals surface area contributed by atoms with Gasteiger partial charge in [0.1, 0.15) is 5.52 Å². The fourth-order valence-electron chi connectivity index (χ4n) is 3.66. The number of aromatic nitrogens is 5. The zero-order chi connectivity index (χ0) is 26.0. The summed E-state index contributed by atoms with van der Waals surface area (Å²) in [5.41, 5.74) is 4.07. The molecule has 4 aromatic heterocycles. The van der Waals surface area contributed by atoms with E-state index in [2.05, 4.69) is 36.8 Å². The predicted molar refractivity (Wildman–Crippen MR) is 138 cm³/mol. The summed E-state index contributed by atoms with van der Waals surface area (Å²) in [4.78, 5) is 32.0. The van der Waals surface area contributed by atoms with Gasteiger partial charge in [-0.1, -0.05) is 18.7 Å². The highest BCUT2D eigenvalue weighted by molar-refractivity contribution is 7.91. The van der Waals surface area contributed by atoms with Gasteiger partial charge in [0.2, 0.25) is 21.6 Å². The number of nitrogens with zero attached hydrogens (tertiary/aromatic N) is 4. The van der Waals surface area contributed by atoms with Crippen LogP contribution in [0.3, 0.4) is 0 Å². The lowest BCUT2D eigenvalue weighted by atomic mass is 10.1. The van der Waals surface area contributed by atoms with Crippen LogP contribution < -0.4 is 10.1 Å². The van der Waals surface area contributed by atoms with Gasteiger partial charge in [-0.3, -0.25) is 9.78 Å². The Labute approximate surface area is 212 Å². The third-order valence-corrected chi connectivity index (χ3v) is 7.17. The summed E-state index contributed by atoms with van der Waals surface area (Å²) >= 11 is 0. The monoisotopic (exact) mass is 512 g/mol. The Hall–Kier alpha value is -4.90. The number of methoxy groups -OCH3 is 1. The van der Waals surface area contributed by atoms with Crippen LogP contribution in [0, 0.1) is 0 Å². The van der Waals surface area contributed by atoms with Gasteiger partial charge in [0.05, 0.1) is 23.9 Å². The molecule has 2 N–H and O–H groups in total. The van der Waals surface area contributed by atoms with Crippen LogP contribution in [0.25, 0.3) is 33.5 Å². The lowest BCUT2D eigenvalue weighted by Gasteiger charge is -2.07. The van der Waals surface area contributed by atoms with E-state index in [0.717, 1.165) is 22.9 Å². The SMILES string of the molecule is C=CC(=O)Nc1cccc(S(=O)(=O)c2cnc3[nH]cc(-c4ccc(-c5ccc(OC)nc5)nc4)c3n2)c1. The predicted octanol–water partition coefficient (Wildman–Crippen LogP) is 4.05. The fraction of sp³-hybridized carbons (Fsp3) is 0.0385. The molecule has 0 aliphatic heterocycles. The molecule has 37 heavy (non-hydrogen) atoms. The second kappa shape index (κ2) is 9.63. The number of ether oxygens (including phenoxy) is 1. The number of carbonyl (C=O) groups excluding carboxylic acids is 1. The summed E-state index contributed by atoms with van der Waals surface area (Å²) in [7, 11) is -2.47. The van der Waals surface area contributed by atoms with Crippen molar-refractivity contribution in [2.75, 3.05) is 12.4 Å². The van der Waals surface area contributed by atoms with Crippen LogP contribution >= 0.6 is 0 Å². The summed E-state index contributed by atoms with van der Waals surface area (Å²) < 4.78 is 31.7. The highest BCUT2D eigenvalue weighted by Crippen LogP contribution is 2.30. The molecule has 10 nitrogen and oxygen atoms in total. The number of amides is 1. The summed E-state index contributed by atoms with van der Waals surface area (Å²) in [6, 6.07) is 13.2. The van der Waals surface area contributed by atoms with Crippen molar-refractivity contribution >= 4 is 32.6 Å². The Bertz CT molecular complexity index is 1730. The Kier molecular flexibility index (Phi) is 6.20. The molecule has 1 amide bonds. The fourth-order valence-corrected chi connectivity index (χ4v) is 4.84. The molecular weight excluding hydrogens is 492 g/mol. The number of H-pyrrole nitrogens is 1. The second-order valence-electron chi connectivity index (χ2n) is 7.85. The molecule has 0 saturated heterocycles. The average Bonchev–Trinajstić information content (AvgIpc) is 3.37. The van der Waals surface area contributed by atoms with Crippen LogP contribution in [-0.2, 0) is 14.6 Å². The highest BCUT2D eigenvalue weighted by Gasteiger charge is 2.22. The Balaban J connectivity index is 1.49. The molecule has 0 aliphatic carbocycles. The molecular formula is C26H20N6O4S. The van der Waals surface area contributed by atoms with E-state index in [-0.39, 0.29) is 9.92 Å². The summed E-state index contributed by atoms with van der Waals surface area (Å²) in [6.45, 7) is 3.40. The Morgan fingerprint density at radius 2 is 1.84 bits per heavy atom. The molecule has 11 heteroatoms. The van der Waals surface area contributed by atoms with Crippen molar-refractivity contribution in [2.24, 2.45) is 0 Å². The number of rotatable bonds is 7. The number of benzene rings is 1. The summed E-state index contributed by atoms with van der Waals surface area (Å²) in [5, 5.41) is 2.33. The quantitative estimate of drug-likeness (QED) is 0.311. The van der Waals surface area contributed by atoms with Gasteiger partial charge >= 0.3 is 0 Å². The minimum absolute atomic E-state index is 0.0285. The van der Waals surface area contributed by atoms with Gasteiger partial charge < -0.3 is 15.0 Å². The van der Waals surface area contributed by atoms with Crippen molar-refractivity contribution < 1.29 is 17.9 Å². The molecule has 0 saturated carbocycles. The van der Waals surface area contributed by atoms with E-state index in [1.807, 2.05) is 18.2 Å². The second-order valence-corrected chi connectivity index (χ2v) is 9.75. The number of anilines is 1. The number of carbonyl (C=O) groups is 1. The van der Waals surface area contributed by atoms with Crippen molar-refractivity contribution in [3.63, 3.8) is 0 Å². The van der Waals surface area contributed by atoms with Crippen LogP contribution in [0.4, 0.5) is 5.69 Å². The minimum Gasteiger partial charge on any atom is -0.481 e. The number of sulfone groups is 1. The van der Waals surface area contributed by atoms with Gasteiger partial charge in [0.25, 0.3) is 0 Å². The third-order valence-electron chi connectivity index (χ3n) is 5.55. The van der Waals surface area contributed by atoms with Gasteiger partial charge in [0.15, 0.2) is 10.7 Å². The average molecular weight is 513 g/mol. The molecule has 5 rings (SSSR count). The van der Waals surface area contributed by atoms with E-state index >= 15 is 0 Å². The van der Waals surface area contributed by atoms with Crippen molar-refractivity contribution in [1.29, 1.82) is 0 Å². The van der Waals surface area contributed by atoms with Gasteiger partial charge in [-0.25, -0.2) is 23.4 Å². The molecule has 1 aromatic carbocycles. The number of pyridine rings is 2. The van der Waals surface area contributed by atoms with Crippen LogP contribution in [0.1, 0.15) is 0 Å². The third kappa shape index (κ3) is 4.67. The molecule has 0 radical (unpaired) electrons. The van der Waals surface area contributed by atoms with Gasteiger partial charge in [-0.05, 0) is 36.4 Å². The molecule has 0 bridgehead atoms. The maximum absolute atomic E-state index is 13.3. The maximum Gasteiger partial charge on any atom is 0.247 e. The smallest absolute Gasteiger partial charge is 0.247 e. The Morgan fingerprint density at radius 3 is 2.54 bits per heavy atom. The lowest BCUT2D eigenvalue weighted by Crippen LogP contribution is -2.09. The number of hydrogen-bond acceptors (Lipinski definition) is 8. The van der Waals surface area contributed by atoms with Crippen molar-refractivity contribution in [1.82, 2.24) is 24.9 Å². The lowest BCUT2D eigenvalue weighted by molar-refractivity contribution is -0.111. The first-order valence-corrected chi connectivity index (χ1v) is 12.5. The number of fused-ring (bicyclic) bond motifs is 1. The first-order chi connectivity index (χ1) is 17.9. The molecule has 0 atom stereocenters.